The molecular weight excluding hydrogens is 432 g/mol. The Morgan fingerprint density at radius 2 is 1.50 bits per heavy atom. The van der Waals surface area contributed by atoms with Crippen LogP contribution in [-0.4, -0.2) is 32.6 Å². The van der Waals surface area contributed by atoms with Crippen molar-refractivity contribution in [1.29, 1.82) is 0 Å². The molecule has 0 bridgehead atoms. The Kier molecular flexibility index (Phi) is 6.54. The molecule has 174 valence electrons. The van der Waals surface area contributed by atoms with Gasteiger partial charge in [0.2, 0.25) is 0 Å². The number of anilines is 2. The lowest BCUT2D eigenvalue weighted by Crippen LogP contribution is -2.32. The van der Waals surface area contributed by atoms with Gasteiger partial charge in [0.25, 0.3) is 11.8 Å². The molecule has 1 N–H and O–H groups in total. The SMILES string of the molecule is CCOc1ccccc1NC1=C(c2ccccc2OC)C(=O)N(c2cc(C)ccc2OC)C1=O. The molecule has 0 atom stereocenters. The van der Waals surface area contributed by atoms with Crippen LogP contribution < -0.4 is 24.4 Å². The summed E-state index contributed by atoms with van der Waals surface area (Å²) >= 11 is 0. The number of amides is 2. The fourth-order valence-corrected chi connectivity index (χ4v) is 3.93. The van der Waals surface area contributed by atoms with Gasteiger partial charge in [-0.25, -0.2) is 4.90 Å². The predicted molar refractivity (Wildman–Crippen MR) is 131 cm³/mol. The maximum atomic E-state index is 13.8. The van der Waals surface area contributed by atoms with E-state index in [2.05, 4.69) is 5.32 Å². The second-order valence-corrected chi connectivity index (χ2v) is 7.63. The number of ether oxygens (including phenoxy) is 3. The van der Waals surface area contributed by atoms with E-state index in [1.165, 1.54) is 14.2 Å². The molecule has 0 aromatic heterocycles. The number of benzene rings is 3. The number of nitrogens with one attached hydrogen (secondary N) is 1. The number of hydrogen-bond donors (Lipinski definition) is 1. The summed E-state index contributed by atoms with van der Waals surface area (Å²) in [6, 6.07) is 19.7. The highest BCUT2D eigenvalue weighted by Crippen LogP contribution is 2.41. The molecule has 0 fully saturated rings. The van der Waals surface area contributed by atoms with E-state index in [9.17, 15) is 9.59 Å². The van der Waals surface area contributed by atoms with Gasteiger partial charge in [-0.2, -0.15) is 0 Å². The number of hydrogen-bond acceptors (Lipinski definition) is 6. The van der Waals surface area contributed by atoms with Crippen LogP contribution in [0.5, 0.6) is 17.2 Å². The first-order valence-electron chi connectivity index (χ1n) is 10.9. The molecule has 7 nitrogen and oxygen atoms in total. The fraction of sp³-hybridized carbons (Fsp3) is 0.185. The predicted octanol–water partition coefficient (Wildman–Crippen LogP) is 4.81. The zero-order chi connectivity index (χ0) is 24.2. The molecule has 0 spiro atoms. The van der Waals surface area contributed by atoms with E-state index in [0.29, 0.717) is 40.8 Å². The highest BCUT2D eigenvalue weighted by atomic mass is 16.5. The summed E-state index contributed by atoms with van der Waals surface area (Å²) in [5, 5.41) is 3.17. The van der Waals surface area contributed by atoms with Gasteiger partial charge < -0.3 is 19.5 Å². The Morgan fingerprint density at radius 3 is 2.21 bits per heavy atom. The molecule has 0 unspecified atom stereocenters. The van der Waals surface area contributed by atoms with Crippen molar-refractivity contribution in [3.8, 4) is 17.2 Å². The fourth-order valence-electron chi connectivity index (χ4n) is 3.93. The third-order valence-electron chi connectivity index (χ3n) is 5.48. The van der Waals surface area contributed by atoms with Crippen molar-refractivity contribution >= 4 is 28.8 Å². The summed E-state index contributed by atoms with van der Waals surface area (Å²) < 4.78 is 16.7. The van der Waals surface area contributed by atoms with Crippen LogP contribution in [0.1, 0.15) is 18.1 Å². The zero-order valence-electron chi connectivity index (χ0n) is 19.5. The normalized spacial score (nSPS) is 13.4. The summed E-state index contributed by atoms with van der Waals surface area (Å²) in [5.74, 6) is 0.497. The summed E-state index contributed by atoms with van der Waals surface area (Å²) in [7, 11) is 3.03. The van der Waals surface area contributed by atoms with Gasteiger partial charge in [-0.05, 0) is 49.7 Å². The number of para-hydroxylation sites is 3. The molecule has 1 aliphatic heterocycles. The van der Waals surface area contributed by atoms with E-state index in [1.54, 1.807) is 42.5 Å². The van der Waals surface area contributed by atoms with Gasteiger partial charge in [0.05, 0.1) is 37.8 Å². The maximum Gasteiger partial charge on any atom is 0.282 e. The minimum atomic E-state index is -0.499. The number of carbonyl (C=O) groups excluding carboxylic acids is 2. The van der Waals surface area contributed by atoms with E-state index in [4.69, 9.17) is 14.2 Å². The van der Waals surface area contributed by atoms with E-state index < -0.39 is 11.8 Å². The molecule has 4 rings (SSSR count). The monoisotopic (exact) mass is 458 g/mol. The highest BCUT2D eigenvalue weighted by molar-refractivity contribution is 6.46. The molecule has 0 saturated carbocycles. The van der Waals surface area contributed by atoms with Gasteiger partial charge in [-0.15, -0.1) is 0 Å². The van der Waals surface area contributed by atoms with Gasteiger partial charge in [0.15, 0.2) is 0 Å². The number of methoxy groups -OCH3 is 2. The standard InChI is InChI=1S/C27H26N2O5/c1-5-34-22-13-9-7-11-19(22)28-25-24(18-10-6-8-12-21(18)32-3)26(30)29(27(25)31)20-16-17(2)14-15-23(20)33-4/h6-16,28H,5H2,1-4H3. The third kappa shape index (κ3) is 4.08. The second-order valence-electron chi connectivity index (χ2n) is 7.63. The molecule has 3 aromatic carbocycles. The zero-order valence-corrected chi connectivity index (χ0v) is 19.5. The molecule has 0 aliphatic carbocycles. The Balaban J connectivity index is 1.90. The maximum absolute atomic E-state index is 13.8. The van der Waals surface area contributed by atoms with E-state index in [1.807, 2.05) is 38.1 Å². The van der Waals surface area contributed by atoms with Crippen molar-refractivity contribution < 1.29 is 23.8 Å². The Labute approximate surface area is 198 Å². The number of imide groups is 1. The van der Waals surface area contributed by atoms with Gasteiger partial charge in [-0.3, -0.25) is 9.59 Å². The molecule has 1 aliphatic rings. The van der Waals surface area contributed by atoms with Crippen LogP contribution in [0.15, 0.2) is 72.4 Å². The number of rotatable bonds is 8. The molecule has 3 aromatic rings. The number of aryl methyl sites for hydroxylation is 1. The summed E-state index contributed by atoms with van der Waals surface area (Å²) in [6.45, 7) is 4.23. The lowest BCUT2D eigenvalue weighted by atomic mass is 10.0. The van der Waals surface area contributed by atoms with Crippen LogP contribution in [0.3, 0.4) is 0 Å². The van der Waals surface area contributed by atoms with Gasteiger partial charge in [0, 0.05) is 5.56 Å². The molecule has 0 radical (unpaired) electrons. The lowest BCUT2D eigenvalue weighted by Gasteiger charge is -2.19. The first-order chi connectivity index (χ1) is 16.5. The smallest absolute Gasteiger partial charge is 0.282 e. The van der Waals surface area contributed by atoms with E-state index in [0.717, 1.165) is 10.5 Å². The van der Waals surface area contributed by atoms with Crippen molar-refractivity contribution in [2.75, 3.05) is 31.0 Å². The van der Waals surface area contributed by atoms with Crippen LogP contribution >= 0.6 is 0 Å². The Hall–Kier alpha value is -4.26. The molecule has 1 heterocycles. The van der Waals surface area contributed by atoms with Gasteiger partial charge in [0.1, 0.15) is 22.9 Å². The Morgan fingerprint density at radius 1 is 0.824 bits per heavy atom. The first-order valence-corrected chi connectivity index (χ1v) is 10.9. The van der Waals surface area contributed by atoms with Crippen LogP contribution in [-0.2, 0) is 9.59 Å². The van der Waals surface area contributed by atoms with Gasteiger partial charge >= 0.3 is 0 Å². The lowest BCUT2D eigenvalue weighted by molar-refractivity contribution is -0.120. The van der Waals surface area contributed by atoms with Crippen molar-refractivity contribution in [1.82, 2.24) is 0 Å². The van der Waals surface area contributed by atoms with E-state index >= 15 is 0 Å². The summed E-state index contributed by atoms with van der Waals surface area (Å²) in [6.07, 6.45) is 0. The van der Waals surface area contributed by atoms with Crippen molar-refractivity contribution in [2.45, 2.75) is 13.8 Å². The van der Waals surface area contributed by atoms with Gasteiger partial charge in [-0.1, -0.05) is 36.4 Å². The van der Waals surface area contributed by atoms with Crippen LogP contribution in [0.4, 0.5) is 11.4 Å². The van der Waals surface area contributed by atoms with Crippen LogP contribution in [0.2, 0.25) is 0 Å². The van der Waals surface area contributed by atoms with Crippen molar-refractivity contribution in [3.05, 3.63) is 83.6 Å². The van der Waals surface area contributed by atoms with Crippen molar-refractivity contribution in [3.63, 3.8) is 0 Å². The minimum absolute atomic E-state index is 0.130. The first kappa shape index (κ1) is 22.9. The molecule has 0 saturated heterocycles. The summed E-state index contributed by atoms with van der Waals surface area (Å²) in [5.41, 5.74) is 2.68. The topological polar surface area (TPSA) is 77.1 Å². The minimum Gasteiger partial charge on any atom is -0.496 e. The molecular formula is C27H26N2O5. The number of nitrogens with zero attached hydrogens (tertiary/aromatic N) is 1. The third-order valence-corrected chi connectivity index (χ3v) is 5.48. The summed E-state index contributed by atoms with van der Waals surface area (Å²) in [4.78, 5) is 28.8. The average molecular weight is 459 g/mol. The van der Waals surface area contributed by atoms with Crippen LogP contribution in [0.25, 0.3) is 5.57 Å². The van der Waals surface area contributed by atoms with Crippen molar-refractivity contribution in [2.24, 2.45) is 0 Å². The second kappa shape index (κ2) is 9.70. The van der Waals surface area contributed by atoms with E-state index in [-0.39, 0.29) is 11.3 Å². The molecule has 34 heavy (non-hydrogen) atoms. The van der Waals surface area contributed by atoms with Crippen LogP contribution in [0, 0.1) is 6.92 Å². The molecule has 2 amide bonds. The Bertz CT molecular complexity index is 1280. The largest absolute Gasteiger partial charge is 0.496 e. The molecule has 7 heteroatoms. The number of carbonyl (C=O) groups is 2. The highest BCUT2D eigenvalue weighted by Gasteiger charge is 2.42. The average Bonchev–Trinajstić information content (AvgIpc) is 3.09. The quantitative estimate of drug-likeness (QED) is 0.489.